The summed E-state index contributed by atoms with van der Waals surface area (Å²) >= 11 is 2.67. The van der Waals surface area contributed by atoms with Crippen LogP contribution in [0.5, 0.6) is 0 Å². The Hall–Kier alpha value is -5.67. The Kier molecular flexibility index (Phi) is 12.3. The average Bonchev–Trinajstić information content (AvgIpc) is 3.63. The molecule has 320 valence electrons. The van der Waals surface area contributed by atoms with Gasteiger partial charge in [-0.1, -0.05) is 60.7 Å². The Morgan fingerprint density at radius 2 is 1.17 bits per heavy atom. The van der Waals surface area contributed by atoms with Crippen LogP contribution >= 0.6 is 23.5 Å². The van der Waals surface area contributed by atoms with E-state index in [1.165, 1.54) is 38.2 Å². The molecule has 7 rings (SSSR count). The van der Waals surface area contributed by atoms with Crippen molar-refractivity contribution in [3.05, 3.63) is 71.8 Å². The van der Waals surface area contributed by atoms with E-state index in [0.29, 0.717) is 17.7 Å². The molecule has 19 nitrogen and oxygen atoms in total. The van der Waals surface area contributed by atoms with Crippen LogP contribution in [-0.2, 0) is 38.4 Å². The number of β-lactam (4-membered cyclic amide) rings is 2. The number of carboxylic acids is 2. The second kappa shape index (κ2) is 16.8. The zero-order valence-corrected chi connectivity index (χ0v) is 34.9. The summed E-state index contributed by atoms with van der Waals surface area (Å²) in [5.74, 6) is -5.98. The third-order valence-corrected chi connectivity index (χ3v) is 14.1. The number of carbonyl (C=O) groups excluding carboxylic acids is 7. The number of amides is 8. The van der Waals surface area contributed by atoms with Crippen molar-refractivity contribution in [2.45, 2.75) is 91.1 Å². The number of hydrogen-bond donors (Lipinski definition) is 6. The monoisotopic (exact) mass is 866 g/mol. The van der Waals surface area contributed by atoms with Gasteiger partial charge in [-0.3, -0.25) is 33.7 Å². The summed E-state index contributed by atoms with van der Waals surface area (Å²) in [6, 6.07) is 10.5. The lowest BCUT2D eigenvalue weighted by Gasteiger charge is -2.44. The van der Waals surface area contributed by atoms with Gasteiger partial charge in [0.2, 0.25) is 23.6 Å². The second-order valence-corrected chi connectivity index (χ2v) is 19.2. The zero-order chi connectivity index (χ0) is 44.0. The maximum atomic E-state index is 13.3. The molecule has 2 aromatic carbocycles. The van der Waals surface area contributed by atoms with Gasteiger partial charge in [0, 0.05) is 29.1 Å². The number of nitrogens with one attached hydrogen (secondary N) is 3. The fraction of sp³-hybridized carbons (Fsp3) is 0.462. The van der Waals surface area contributed by atoms with Gasteiger partial charge in [-0.2, -0.15) is 0 Å². The molecule has 0 saturated carbocycles. The van der Waals surface area contributed by atoms with Gasteiger partial charge in [0.1, 0.15) is 47.0 Å². The number of rotatable bonds is 10. The molecular weight excluding hydrogens is 821 g/mol. The SMILES string of the molecule is CC1(C)S[C@@H]2[C@H](NC(=O)[C@H](N)c3ccccc3)C(=O)N2[C@H]1C(=O)O.CCN1CCN(C(=O)N[C@@H](C(=O)N[C@@H]2C(=O)N3[C@@H]2SC(C)(C)[C@@H]3C(=O)O)c2ccccc2)C(=O)C1=O. The van der Waals surface area contributed by atoms with Gasteiger partial charge in [0.05, 0.1) is 0 Å². The molecule has 5 fully saturated rings. The molecule has 0 aliphatic carbocycles. The molecule has 0 aromatic heterocycles. The van der Waals surface area contributed by atoms with Crippen molar-refractivity contribution in [2.24, 2.45) is 5.73 Å². The first-order valence-electron chi connectivity index (χ1n) is 19.0. The first-order chi connectivity index (χ1) is 28.2. The molecule has 60 heavy (non-hydrogen) atoms. The van der Waals surface area contributed by atoms with Gasteiger partial charge in [-0.15, -0.1) is 23.5 Å². The van der Waals surface area contributed by atoms with Crippen molar-refractivity contribution in [3.63, 3.8) is 0 Å². The highest BCUT2D eigenvalue weighted by Gasteiger charge is 2.65. The van der Waals surface area contributed by atoms with Gasteiger partial charge in [0.25, 0.3) is 0 Å². The molecule has 21 heteroatoms. The summed E-state index contributed by atoms with van der Waals surface area (Å²) in [7, 11) is 0. The van der Waals surface area contributed by atoms with Crippen LogP contribution in [0.25, 0.3) is 0 Å². The molecule has 7 N–H and O–H groups in total. The van der Waals surface area contributed by atoms with Crippen molar-refractivity contribution in [3.8, 4) is 0 Å². The molecule has 5 aliphatic heterocycles. The number of carboxylic acid groups (broad SMARTS) is 2. The molecule has 8 amide bonds. The summed E-state index contributed by atoms with van der Waals surface area (Å²) in [5, 5.41) is 25.8. The molecule has 5 heterocycles. The Balaban J connectivity index is 0.000000218. The zero-order valence-electron chi connectivity index (χ0n) is 33.3. The van der Waals surface area contributed by atoms with Gasteiger partial charge in [-0.25, -0.2) is 14.4 Å². The van der Waals surface area contributed by atoms with Crippen LogP contribution in [0.2, 0.25) is 0 Å². The van der Waals surface area contributed by atoms with Gasteiger partial charge >= 0.3 is 29.8 Å². The van der Waals surface area contributed by atoms with Crippen molar-refractivity contribution >= 4 is 76.9 Å². The van der Waals surface area contributed by atoms with Crippen LogP contribution in [0.1, 0.15) is 57.8 Å². The molecule has 0 spiro atoms. The number of fused-ring (bicyclic) bond motifs is 2. The average molecular weight is 867 g/mol. The summed E-state index contributed by atoms with van der Waals surface area (Å²) in [6.45, 7) is 9.25. The van der Waals surface area contributed by atoms with E-state index in [1.807, 2.05) is 6.07 Å². The van der Waals surface area contributed by atoms with Gasteiger partial charge in [0.15, 0.2) is 0 Å². The lowest BCUT2D eigenvalue weighted by atomic mass is 9.95. The number of benzene rings is 2. The number of thioether (sulfide) groups is 2. The van der Waals surface area contributed by atoms with Gasteiger partial charge < -0.3 is 46.6 Å². The van der Waals surface area contributed by atoms with E-state index in [9.17, 15) is 53.4 Å². The van der Waals surface area contributed by atoms with Crippen LogP contribution in [0, 0.1) is 0 Å². The van der Waals surface area contributed by atoms with E-state index in [2.05, 4.69) is 16.0 Å². The third kappa shape index (κ3) is 7.99. The standard InChI is InChI=1S/C23H27N5O7S.C16H19N3O4S/c1-4-26-10-11-27(19(32)18(26)31)22(35)25-13(12-8-6-5-7-9-12)16(29)24-14-17(30)28-15(21(33)34)23(2,3)36-20(14)28;1-16(2)11(15(22)23)19-13(21)10(14(19)24-16)18-12(20)9(17)8-6-4-3-5-7-8/h5-9,13-15,20H,4,10-11H2,1-3H3,(H,24,29)(H,25,35)(H,33,34);3-7,9-11,14H,17H2,1-2H3,(H,18,20)(H,22,23)/t13-,14-,15+,20-;9-,10-,11+,14-/m11/s1. The molecule has 5 saturated heterocycles. The first kappa shape index (κ1) is 43.9. The lowest BCUT2D eigenvalue weighted by molar-refractivity contribution is -0.161. The number of nitrogens with zero attached hydrogens (tertiary/aromatic N) is 4. The molecule has 0 bridgehead atoms. The topological polar surface area (TPSA) is 269 Å². The number of likely N-dealkylation sites (N-methyl/N-ethyl adjacent to an activating group) is 1. The maximum absolute atomic E-state index is 13.3. The van der Waals surface area contributed by atoms with E-state index in [-0.39, 0.29) is 24.4 Å². The Bertz CT molecular complexity index is 2110. The highest BCUT2D eigenvalue weighted by molar-refractivity contribution is 8.02. The summed E-state index contributed by atoms with van der Waals surface area (Å²) in [4.78, 5) is 116. The number of aliphatic carboxylic acids is 2. The van der Waals surface area contributed by atoms with E-state index in [0.717, 1.165) is 4.90 Å². The van der Waals surface area contributed by atoms with Crippen LogP contribution in [0.3, 0.4) is 0 Å². The van der Waals surface area contributed by atoms with Crippen LogP contribution in [0.15, 0.2) is 60.7 Å². The van der Waals surface area contributed by atoms with E-state index in [1.54, 1.807) is 89.2 Å². The Labute approximate surface area is 353 Å². The lowest BCUT2D eigenvalue weighted by Crippen LogP contribution is -2.71. The minimum atomic E-state index is -1.26. The van der Waals surface area contributed by atoms with Crippen molar-refractivity contribution in [1.82, 2.24) is 35.6 Å². The fourth-order valence-electron chi connectivity index (χ4n) is 7.90. The second-order valence-electron chi connectivity index (χ2n) is 15.7. The normalized spacial score (nSPS) is 26.9. The first-order valence-corrected chi connectivity index (χ1v) is 20.8. The van der Waals surface area contributed by atoms with E-state index >= 15 is 0 Å². The number of carbonyl (C=O) groups is 9. The minimum Gasteiger partial charge on any atom is -0.480 e. The number of piperazine rings is 1. The minimum absolute atomic E-state index is 0.0200. The predicted octanol–water partition coefficient (Wildman–Crippen LogP) is 0.0778. The third-order valence-electron chi connectivity index (χ3n) is 11.0. The molecule has 0 unspecified atom stereocenters. The van der Waals surface area contributed by atoms with Crippen LogP contribution in [-0.4, -0.2) is 147 Å². The number of imide groups is 1. The largest absolute Gasteiger partial charge is 0.480 e. The smallest absolute Gasteiger partial charge is 0.327 e. The highest BCUT2D eigenvalue weighted by atomic mass is 32.2. The highest BCUT2D eigenvalue weighted by Crippen LogP contribution is 2.52. The Morgan fingerprint density at radius 3 is 1.62 bits per heavy atom. The number of nitrogens with two attached hydrogens (primary N) is 1. The van der Waals surface area contributed by atoms with Crippen LogP contribution < -0.4 is 21.7 Å². The van der Waals surface area contributed by atoms with E-state index in [4.69, 9.17) is 5.73 Å². The maximum Gasteiger partial charge on any atom is 0.327 e. The van der Waals surface area contributed by atoms with Crippen molar-refractivity contribution < 1.29 is 53.4 Å². The van der Waals surface area contributed by atoms with Crippen LogP contribution in [0.4, 0.5) is 4.79 Å². The predicted molar refractivity (Wildman–Crippen MR) is 216 cm³/mol. The van der Waals surface area contributed by atoms with Crippen molar-refractivity contribution in [2.75, 3.05) is 19.6 Å². The summed E-state index contributed by atoms with van der Waals surface area (Å²) < 4.78 is -1.38. The molecular formula is C39H46N8O11S2. The number of urea groups is 1. The fourth-order valence-corrected chi connectivity index (χ4v) is 11.2. The summed E-state index contributed by atoms with van der Waals surface area (Å²) in [6.07, 6.45) is 0. The molecule has 8 atom stereocenters. The molecule has 2 aromatic rings. The summed E-state index contributed by atoms with van der Waals surface area (Å²) in [5.41, 5.74) is 7.00. The Morgan fingerprint density at radius 1 is 0.717 bits per heavy atom. The molecule has 0 radical (unpaired) electrons. The van der Waals surface area contributed by atoms with Gasteiger partial charge in [-0.05, 0) is 45.7 Å². The molecule has 5 aliphatic rings. The van der Waals surface area contributed by atoms with E-state index < -0.39 is 98.6 Å². The number of hydrogen-bond acceptors (Lipinski definition) is 12. The van der Waals surface area contributed by atoms with Crippen molar-refractivity contribution in [1.29, 1.82) is 0 Å². The quantitative estimate of drug-likeness (QED) is 0.137.